The van der Waals surface area contributed by atoms with Crippen LogP contribution in [-0.4, -0.2) is 30.0 Å². The quantitative estimate of drug-likeness (QED) is 0.654. The second-order valence-corrected chi connectivity index (χ2v) is 5.73. The fourth-order valence-corrected chi connectivity index (χ4v) is 2.15. The molecule has 0 spiro atoms. The minimum absolute atomic E-state index is 0.00636. The third-order valence-electron chi connectivity index (χ3n) is 3.60. The number of nitrogens with one attached hydrogen (secondary N) is 2. The summed E-state index contributed by atoms with van der Waals surface area (Å²) >= 11 is 0. The number of benzene rings is 1. The number of rotatable bonds is 7. The maximum atomic E-state index is 11.8. The van der Waals surface area contributed by atoms with Crippen LogP contribution in [-0.2, 0) is 15.2 Å². The largest absolute Gasteiger partial charge is 0.385 e. The zero-order valence-electron chi connectivity index (χ0n) is 12.3. The van der Waals surface area contributed by atoms with Crippen LogP contribution in [0.15, 0.2) is 30.3 Å². The Morgan fingerprint density at radius 1 is 1.19 bits per heavy atom. The van der Waals surface area contributed by atoms with Crippen molar-refractivity contribution < 1.29 is 14.7 Å². The van der Waals surface area contributed by atoms with Gasteiger partial charge in [-0.1, -0.05) is 30.3 Å². The molecule has 0 aromatic heterocycles. The molecule has 0 bridgehead atoms. The van der Waals surface area contributed by atoms with Crippen molar-refractivity contribution in [1.82, 2.24) is 10.6 Å². The molecule has 1 fully saturated rings. The second-order valence-electron chi connectivity index (χ2n) is 5.73. The maximum absolute atomic E-state index is 11.8. The highest BCUT2D eigenvalue weighted by Crippen LogP contribution is 2.28. The Kier molecular flexibility index (Phi) is 4.96. The zero-order chi connectivity index (χ0) is 15.3. The van der Waals surface area contributed by atoms with Gasteiger partial charge >= 0.3 is 0 Å². The Morgan fingerprint density at radius 3 is 2.43 bits per heavy atom. The lowest BCUT2D eigenvalue weighted by Gasteiger charge is -2.23. The Labute approximate surface area is 124 Å². The molecule has 1 aliphatic carbocycles. The highest BCUT2D eigenvalue weighted by atomic mass is 16.3. The molecule has 3 N–H and O–H groups in total. The number of carbonyl (C=O) groups is 2. The lowest BCUT2D eigenvalue weighted by molar-refractivity contribution is -0.126. The summed E-state index contributed by atoms with van der Waals surface area (Å²) in [5, 5.41) is 15.8. The number of aliphatic hydroxyl groups is 1. The minimum atomic E-state index is -1.19. The molecule has 0 heterocycles. The van der Waals surface area contributed by atoms with Crippen LogP contribution in [0.1, 0.15) is 31.7 Å². The fraction of sp³-hybridized carbons (Fsp3) is 0.500. The van der Waals surface area contributed by atoms with Crippen molar-refractivity contribution in [2.45, 2.75) is 31.8 Å². The van der Waals surface area contributed by atoms with Crippen LogP contribution in [0.4, 0.5) is 0 Å². The first-order valence-corrected chi connectivity index (χ1v) is 7.31. The monoisotopic (exact) mass is 290 g/mol. The highest BCUT2D eigenvalue weighted by Gasteiger charge is 2.29. The van der Waals surface area contributed by atoms with E-state index in [0.717, 1.165) is 12.8 Å². The molecule has 0 radical (unpaired) electrons. The predicted molar refractivity (Wildman–Crippen MR) is 79.4 cm³/mol. The van der Waals surface area contributed by atoms with Gasteiger partial charge in [-0.25, -0.2) is 0 Å². The molecule has 21 heavy (non-hydrogen) atoms. The zero-order valence-corrected chi connectivity index (χ0v) is 12.3. The first kappa shape index (κ1) is 15.5. The van der Waals surface area contributed by atoms with Gasteiger partial charge in [0.1, 0.15) is 0 Å². The van der Waals surface area contributed by atoms with Gasteiger partial charge in [0.15, 0.2) is 0 Å². The van der Waals surface area contributed by atoms with Crippen LogP contribution in [0, 0.1) is 5.92 Å². The van der Waals surface area contributed by atoms with Crippen molar-refractivity contribution >= 4 is 11.8 Å². The first-order chi connectivity index (χ1) is 9.99. The molecule has 1 saturated carbocycles. The highest BCUT2D eigenvalue weighted by molar-refractivity contribution is 5.81. The molecular weight excluding hydrogens is 268 g/mol. The van der Waals surface area contributed by atoms with Gasteiger partial charge in [0, 0.05) is 19.0 Å². The first-order valence-electron chi connectivity index (χ1n) is 7.31. The van der Waals surface area contributed by atoms with Crippen molar-refractivity contribution in [3.8, 4) is 0 Å². The van der Waals surface area contributed by atoms with Gasteiger partial charge in [-0.2, -0.15) is 0 Å². The maximum Gasteiger partial charge on any atom is 0.223 e. The van der Waals surface area contributed by atoms with Gasteiger partial charge < -0.3 is 15.7 Å². The smallest absolute Gasteiger partial charge is 0.223 e. The average Bonchev–Trinajstić information content (AvgIpc) is 3.28. The number of carbonyl (C=O) groups excluding carboxylic acids is 2. The standard InChI is InChI=1S/C16H22N2O3/c1-16(21,13-5-3-2-4-6-13)11-14(19)17-9-10-18-15(20)12-7-8-12/h2-6,12,21H,7-11H2,1H3,(H,17,19)(H,18,20). The molecule has 0 saturated heterocycles. The lowest BCUT2D eigenvalue weighted by Crippen LogP contribution is -2.38. The summed E-state index contributed by atoms with van der Waals surface area (Å²) in [5.41, 5.74) is -0.482. The minimum Gasteiger partial charge on any atom is -0.385 e. The fourth-order valence-electron chi connectivity index (χ4n) is 2.15. The Balaban J connectivity index is 1.69. The van der Waals surface area contributed by atoms with Crippen molar-refractivity contribution in [3.63, 3.8) is 0 Å². The third kappa shape index (κ3) is 4.86. The van der Waals surface area contributed by atoms with E-state index in [2.05, 4.69) is 10.6 Å². The summed E-state index contributed by atoms with van der Waals surface area (Å²) in [4.78, 5) is 23.2. The van der Waals surface area contributed by atoms with Crippen molar-refractivity contribution in [2.75, 3.05) is 13.1 Å². The lowest BCUT2D eigenvalue weighted by atomic mass is 9.92. The van der Waals surface area contributed by atoms with Crippen LogP contribution in [0.2, 0.25) is 0 Å². The van der Waals surface area contributed by atoms with Gasteiger partial charge in [-0.3, -0.25) is 9.59 Å². The molecule has 5 heteroatoms. The number of hydrogen-bond donors (Lipinski definition) is 3. The number of hydrogen-bond acceptors (Lipinski definition) is 3. The summed E-state index contributed by atoms with van der Waals surface area (Å²) in [6, 6.07) is 9.11. The Morgan fingerprint density at radius 2 is 1.81 bits per heavy atom. The van der Waals surface area contributed by atoms with Crippen LogP contribution in [0.5, 0.6) is 0 Å². The van der Waals surface area contributed by atoms with E-state index in [1.54, 1.807) is 19.1 Å². The van der Waals surface area contributed by atoms with Crippen molar-refractivity contribution in [2.24, 2.45) is 5.92 Å². The molecule has 5 nitrogen and oxygen atoms in total. The molecule has 1 aliphatic rings. The van der Waals surface area contributed by atoms with E-state index in [1.807, 2.05) is 18.2 Å². The van der Waals surface area contributed by atoms with Crippen LogP contribution in [0.25, 0.3) is 0 Å². The Bertz CT molecular complexity index is 496. The normalized spacial score (nSPS) is 16.9. The summed E-state index contributed by atoms with van der Waals surface area (Å²) in [6.45, 7) is 2.42. The molecule has 114 valence electrons. The van der Waals surface area contributed by atoms with E-state index in [1.165, 1.54) is 0 Å². The van der Waals surface area contributed by atoms with E-state index in [-0.39, 0.29) is 24.2 Å². The predicted octanol–water partition coefficient (Wildman–Crippen LogP) is 0.927. The number of amides is 2. The van der Waals surface area contributed by atoms with Crippen LogP contribution in [0.3, 0.4) is 0 Å². The molecule has 1 atom stereocenters. The van der Waals surface area contributed by atoms with Gasteiger partial charge in [0.05, 0.1) is 12.0 Å². The summed E-state index contributed by atoms with van der Waals surface area (Å²) < 4.78 is 0. The van der Waals surface area contributed by atoms with E-state index in [9.17, 15) is 14.7 Å². The second kappa shape index (κ2) is 6.72. The third-order valence-corrected chi connectivity index (χ3v) is 3.60. The molecule has 2 amide bonds. The SMILES string of the molecule is CC(O)(CC(=O)NCCNC(=O)C1CC1)c1ccccc1. The van der Waals surface area contributed by atoms with E-state index >= 15 is 0 Å². The summed E-state index contributed by atoms with van der Waals surface area (Å²) in [5.74, 6) is 0.0181. The average molecular weight is 290 g/mol. The van der Waals surface area contributed by atoms with Gasteiger partial charge in [-0.15, -0.1) is 0 Å². The molecule has 1 aromatic rings. The molecular formula is C16H22N2O3. The van der Waals surface area contributed by atoms with Gasteiger partial charge in [-0.05, 0) is 25.3 Å². The van der Waals surface area contributed by atoms with Gasteiger partial charge in [0.2, 0.25) is 11.8 Å². The van der Waals surface area contributed by atoms with Crippen molar-refractivity contribution in [3.05, 3.63) is 35.9 Å². The van der Waals surface area contributed by atoms with E-state index in [4.69, 9.17) is 0 Å². The molecule has 1 unspecified atom stereocenters. The molecule has 2 rings (SSSR count). The topological polar surface area (TPSA) is 78.4 Å². The Hall–Kier alpha value is -1.88. The molecule has 1 aromatic carbocycles. The summed E-state index contributed by atoms with van der Waals surface area (Å²) in [7, 11) is 0. The molecule has 0 aliphatic heterocycles. The van der Waals surface area contributed by atoms with E-state index < -0.39 is 5.60 Å². The van der Waals surface area contributed by atoms with Crippen LogP contribution < -0.4 is 10.6 Å². The van der Waals surface area contributed by atoms with Crippen molar-refractivity contribution in [1.29, 1.82) is 0 Å². The van der Waals surface area contributed by atoms with Crippen LogP contribution >= 0.6 is 0 Å². The summed E-state index contributed by atoms with van der Waals surface area (Å²) in [6.07, 6.45) is 1.93. The van der Waals surface area contributed by atoms with Gasteiger partial charge in [0.25, 0.3) is 0 Å². The van der Waals surface area contributed by atoms with E-state index in [0.29, 0.717) is 18.7 Å².